The Kier molecular flexibility index (Phi) is 7.91. The Labute approximate surface area is 214 Å². The summed E-state index contributed by atoms with van der Waals surface area (Å²) in [6, 6.07) is 16.3. The van der Waals surface area contributed by atoms with Crippen LogP contribution in [0.1, 0.15) is 43.4 Å². The zero-order chi connectivity index (χ0) is 25.0. The van der Waals surface area contributed by atoms with E-state index in [-0.39, 0.29) is 12.0 Å². The summed E-state index contributed by atoms with van der Waals surface area (Å²) in [5.41, 5.74) is 3.06. The fourth-order valence-electron chi connectivity index (χ4n) is 5.63. The number of carbonyl (C=O) groups excluding carboxylic acids is 1. The predicted molar refractivity (Wildman–Crippen MR) is 139 cm³/mol. The molecule has 194 valence electrons. The molecule has 2 saturated heterocycles. The highest BCUT2D eigenvalue weighted by Gasteiger charge is 2.49. The van der Waals surface area contributed by atoms with Crippen molar-refractivity contribution in [3.05, 3.63) is 65.2 Å². The van der Waals surface area contributed by atoms with Crippen LogP contribution in [-0.4, -0.2) is 85.7 Å². The summed E-state index contributed by atoms with van der Waals surface area (Å²) in [5, 5.41) is 0. The van der Waals surface area contributed by atoms with Gasteiger partial charge in [0.05, 0.1) is 24.8 Å². The Hall–Kier alpha value is -2.45. The van der Waals surface area contributed by atoms with Crippen molar-refractivity contribution in [2.45, 2.75) is 45.2 Å². The molecule has 0 bridgehead atoms. The molecule has 3 aliphatic rings. The lowest BCUT2D eigenvalue weighted by Crippen LogP contribution is -2.51. The molecule has 7 nitrogen and oxygen atoms in total. The molecule has 2 unspecified atom stereocenters. The van der Waals surface area contributed by atoms with Gasteiger partial charge in [0.15, 0.2) is 0 Å². The normalized spacial score (nSPS) is 24.1. The maximum Gasteiger partial charge on any atom is 0.236 e. The second-order valence-electron chi connectivity index (χ2n) is 10.1. The number of para-hydroxylation sites is 1. The van der Waals surface area contributed by atoms with E-state index in [0.717, 1.165) is 81.1 Å². The van der Waals surface area contributed by atoms with Crippen molar-refractivity contribution in [1.82, 2.24) is 14.7 Å². The fraction of sp³-hybridized carbons (Fsp3) is 0.552. The summed E-state index contributed by atoms with van der Waals surface area (Å²) in [6.45, 7) is 12.0. The molecule has 2 atom stereocenters. The molecule has 3 aliphatic heterocycles. The predicted octanol–water partition coefficient (Wildman–Crippen LogP) is 3.46. The fourth-order valence-corrected chi connectivity index (χ4v) is 5.63. The minimum Gasteiger partial charge on any atom is -0.488 e. The van der Waals surface area contributed by atoms with Gasteiger partial charge in [-0.15, -0.1) is 0 Å². The number of nitrogens with zero attached hydrogens (tertiary/aromatic N) is 3. The van der Waals surface area contributed by atoms with Crippen molar-refractivity contribution in [2.75, 3.05) is 59.0 Å². The highest BCUT2D eigenvalue weighted by atomic mass is 16.7. The first-order valence-electron chi connectivity index (χ1n) is 13.5. The summed E-state index contributed by atoms with van der Waals surface area (Å²) in [7, 11) is 0. The maximum absolute atomic E-state index is 12.8. The van der Waals surface area contributed by atoms with Crippen LogP contribution in [0.3, 0.4) is 0 Å². The van der Waals surface area contributed by atoms with Gasteiger partial charge in [0.1, 0.15) is 12.4 Å². The molecule has 0 N–H and O–H groups in total. The van der Waals surface area contributed by atoms with Gasteiger partial charge in [0.25, 0.3) is 0 Å². The second-order valence-corrected chi connectivity index (χ2v) is 10.1. The first-order valence-corrected chi connectivity index (χ1v) is 13.5. The molecule has 1 amide bonds. The quantitative estimate of drug-likeness (QED) is 0.562. The molecule has 5 rings (SSSR count). The lowest BCUT2D eigenvalue weighted by Gasteiger charge is -2.36. The van der Waals surface area contributed by atoms with Crippen LogP contribution in [-0.2, 0) is 26.7 Å². The Balaban J connectivity index is 1.21. The number of piperazine rings is 1. The molecular formula is C29H39N3O4. The molecule has 2 fully saturated rings. The summed E-state index contributed by atoms with van der Waals surface area (Å²) >= 11 is 0. The third kappa shape index (κ3) is 5.16. The largest absolute Gasteiger partial charge is 0.488 e. The van der Waals surface area contributed by atoms with E-state index in [9.17, 15) is 4.79 Å². The van der Waals surface area contributed by atoms with Gasteiger partial charge in [-0.3, -0.25) is 14.6 Å². The SMILES string of the molecule is CCCN(CCC)C(=O)CN1CCN(CC2COC3(O2)c2ccccc2COc2ccccc23)CC1. The lowest BCUT2D eigenvalue weighted by molar-refractivity contribution is -0.145. The molecule has 2 aromatic rings. The minimum atomic E-state index is -0.940. The molecule has 1 spiro atoms. The molecule has 7 heteroatoms. The summed E-state index contributed by atoms with van der Waals surface area (Å²) in [4.78, 5) is 19.5. The van der Waals surface area contributed by atoms with Crippen molar-refractivity contribution in [2.24, 2.45) is 0 Å². The van der Waals surface area contributed by atoms with Crippen LogP contribution < -0.4 is 4.74 Å². The van der Waals surface area contributed by atoms with E-state index in [1.54, 1.807) is 0 Å². The number of rotatable bonds is 8. The van der Waals surface area contributed by atoms with Gasteiger partial charge in [-0.1, -0.05) is 50.2 Å². The smallest absolute Gasteiger partial charge is 0.236 e. The molecule has 36 heavy (non-hydrogen) atoms. The summed E-state index contributed by atoms with van der Waals surface area (Å²) < 4.78 is 19.4. The van der Waals surface area contributed by atoms with E-state index < -0.39 is 5.79 Å². The van der Waals surface area contributed by atoms with Crippen LogP contribution in [0.5, 0.6) is 5.75 Å². The van der Waals surface area contributed by atoms with Crippen LogP contribution in [0, 0.1) is 0 Å². The van der Waals surface area contributed by atoms with E-state index in [1.807, 2.05) is 35.2 Å². The average molecular weight is 494 g/mol. The molecule has 3 heterocycles. The number of fused-ring (bicyclic) bond motifs is 4. The van der Waals surface area contributed by atoms with Gasteiger partial charge in [-0.2, -0.15) is 0 Å². The van der Waals surface area contributed by atoms with Crippen LogP contribution in [0.25, 0.3) is 0 Å². The lowest BCUT2D eigenvalue weighted by atomic mass is 9.93. The van der Waals surface area contributed by atoms with Crippen LogP contribution in [0.4, 0.5) is 0 Å². The van der Waals surface area contributed by atoms with Crippen molar-refractivity contribution in [1.29, 1.82) is 0 Å². The zero-order valence-electron chi connectivity index (χ0n) is 21.7. The number of amides is 1. The number of hydrogen-bond donors (Lipinski definition) is 0. The van der Waals surface area contributed by atoms with Gasteiger partial charge in [0, 0.05) is 51.4 Å². The summed E-state index contributed by atoms with van der Waals surface area (Å²) in [5.74, 6) is 0.132. The van der Waals surface area contributed by atoms with Gasteiger partial charge < -0.3 is 19.1 Å². The van der Waals surface area contributed by atoms with Crippen molar-refractivity contribution in [3.8, 4) is 5.75 Å². The number of carbonyl (C=O) groups is 1. The van der Waals surface area contributed by atoms with E-state index in [1.165, 1.54) is 0 Å². The Morgan fingerprint density at radius 2 is 1.61 bits per heavy atom. The monoisotopic (exact) mass is 493 g/mol. The minimum absolute atomic E-state index is 0.0398. The number of hydrogen-bond acceptors (Lipinski definition) is 6. The highest BCUT2D eigenvalue weighted by molar-refractivity contribution is 5.78. The van der Waals surface area contributed by atoms with E-state index in [2.05, 4.69) is 41.8 Å². The van der Waals surface area contributed by atoms with Crippen molar-refractivity contribution >= 4 is 5.91 Å². The van der Waals surface area contributed by atoms with E-state index >= 15 is 0 Å². The topological polar surface area (TPSA) is 54.5 Å². The molecule has 0 saturated carbocycles. The van der Waals surface area contributed by atoms with Crippen LogP contribution >= 0.6 is 0 Å². The Morgan fingerprint density at radius 1 is 0.944 bits per heavy atom. The third-order valence-corrected chi connectivity index (χ3v) is 7.43. The first-order chi connectivity index (χ1) is 17.6. The first kappa shape index (κ1) is 25.2. The van der Waals surface area contributed by atoms with Gasteiger partial charge in [-0.25, -0.2) is 0 Å². The van der Waals surface area contributed by atoms with Crippen molar-refractivity contribution in [3.63, 3.8) is 0 Å². The van der Waals surface area contributed by atoms with Gasteiger partial charge in [-0.05, 0) is 30.5 Å². The molecule has 0 aromatic heterocycles. The molecule has 2 aromatic carbocycles. The zero-order valence-corrected chi connectivity index (χ0v) is 21.7. The molecule has 0 aliphatic carbocycles. The Morgan fingerprint density at radius 3 is 2.36 bits per heavy atom. The average Bonchev–Trinajstić information content (AvgIpc) is 3.27. The highest BCUT2D eigenvalue weighted by Crippen LogP contribution is 2.47. The van der Waals surface area contributed by atoms with Crippen LogP contribution in [0.15, 0.2) is 48.5 Å². The standard InChI is InChI=1S/C29H39N3O4/c1-3-13-32(14-4-2)28(33)20-31-17-15-30(16-18-31)19-24-22-35-29(36-24)25-10-6-5-9-23(25)21-34-27-12-8-7-11-26(27)29/h5-12,24H,3-4,13-22H2,1-2H3. The molecular weight excluding hydrogens is 454 g/mol. The summed E-state index contributed by atoms with van der Waals surface area (Å²) in [6.07, 6.45) is 1.97. The number of benzene rings is 2. The molecule has 0 radical (unpaired) electrons. The van der Waals surface area contributed by atoms with Gasteiger partial charge in [0.2, 0.25) is 11.7 Å². The van der Waals surface area contributed by atoms with E-state index in [0.29, 0.717) is 19.8 Å². The Bertz CT molecular complexity index is 983. The van der Waals surface area contributed by atoms with Crippen molar-refractivity contribution < 1.29 is 19.0 Å². The third-order valence-electron chi connectivity index (χ3n) is 7.43. The number of ether oxygens (including phenoxy) is 3. The van der Waals surface area contributed by atoms with Crippen LogP contribution in [0.2, 0.25) is 0 Å². The second kappa shape index (κ2) is 11.3. The van der Waals surface area contributed by atoms with E-state index in [4.69, 9.17) is 14.2 Å². The maximum atomic E-state index is 12.8. The van der Waals surface area contributed by atoms with Gasteiger partial charge >= 0.3 is 0 Å².